The van der Waals surface area contributed by atoms with Crippen molar-refractivity contribution in [3.63, 3.8) is 0 Å². The topological polar surface area (TPSA) is 89.7 Å². The third kappa shape index (κ3) is 5.81. The highest BCUT2D eigenvalue weighted by molar-refractivity contribution is 9.10. The predicted octanol–water partition coefficient (Wildman–Crippen LogP) is 3.88. The Balaban J connectivity index is 1.43. The number of hydrogen-bond acceptors (Lipinski definition) is 7. The molecule has 2 aromatic rings. The van der Waals surface area contributed by atoms with Crippen molar-refractivity contribution in [1.82, 2.24) is 15.3 Å². The number of fused-ring (bicyclic) bond motifs is 1. The second-order valence-electron chi connectivity index (χ2n) is 8.02. The summed E-state index contributed by atoms with van der Waals surface area (Å²) in [5, 5.41) is 2.80. The van der Waals surface area contributed by atoms with Gasteiger partial charge in [0.25, 0.3) is 6.01 Å². The van der Waals surface area contributed by atoms with E-state index in [-0.39, 0.29) is 12.1 Å². The number of rotatable bonds is 5. The standard InChI is InChI=1S/C19H27BrN4O4/c1-12(21-18(25)28-19(2,3)4)11-26-13-7-9-24(10-8-13)17-22-14-5-6-15(20)23-16(14)27-17/h5-6,12-13H,7-11H2,1-4H3,(H,21,25)/t12-/m0/s1. The molecule has 9 heteroatoms. The van der Waals surface area contributed by atoms with Crippen LogP contribution in [0.5, 0.6) is 0 Å². The van der Waals surface area contributed by atoms with Crippen LogP contribution >= 0.6 is 15.9 Å². The van der Waals surface area contributed by atoms with Crippen molar-refractivity contribution >= 4 is 39.3 Å². The van der Waals surface area contributed by atoms with E-state index in [1.54, 1.807) is 0 Å². The second kappa shape index (κ2) is 8.65. The third-order valence-electron chi connectivity index (χ3n) is 4.27. The first kappa shape index (κ1) is 20.9. The van der Waals surface area contributed by atoms with Crippen LogP contribution in [0.2, 0.25) is 0 Å². The number of aromatic nitrogens is 2. The fraction of sp³-hybridized carbons (Fsp3) is 0.632. The van der Waals surface area contributed by atoms with E-state index in [2.05, 4.69) is 36.1 Å². The molecule has 2 aromatic heterocycles. The molecule has 3 rings (SSSR count). The fourth-order valence-corrected chi connectivity index (χ4v) is 3.26. The number of ether oxygens (including phenoxy) is 2. The highest BCUT2D eigenvalue weighted by Crippen LogP contribution is 2.25. The molecule has 1 fully saturated rings. The molecule has 1 amide bonds. The Bertz CT molecular complexity index is 812. The summed E-state index contributed by atoms with van der Waals surface area (Å²) in [7, 11) is 0. The van der Waals surface area contributed by atoms with Gasteiger partial charge in [0.15, 0.2) is 0 Å². The number of halogens is 1. The molecule has 8 nitrogen and oxygen atoms in total. The zero-order valence-electron chi connectivity index (χ0n) is 16.7. The van der Waals surface area contributed by atoms with Crippen LogP contribution in [0.25, 0.3) is 11.2 Å². The average molecular weight is 455 g/mol. The van der Waals surface area contributed by atoms with E-state index in [1.807, 2.05) is 39.8 Å². The minimum Gasteiger partial charge on any atom is -0.444 e. The summed E-state index contributed by atoms with van der Waals surface area (Å²) in [5.74, 6) is 0. The van der Waals surface area contributed by atoms with Gasteiger partial charge in [-0.15, -0.1) is 0 Å². The summed E-state index contributed by atoms with van der Waals surface area (Å²) < 4.78 is 17.7. The number of amides is 1. The number of pyridine rings is 1. The van der Waals surface area contributed by atoms with E-state index < -0.39 is 11.7 Å². The van der Waals surface area contributed by atoms with E-state index in [0.717, 1.165) is 36.1 Å². The Morgan fingerprint density at radius 2 is 2.07 bits per heavy atom. The molecule has 1 N–H and O–H groups in total. The van der Waals surface area contributed by atoms with Gasteiger partial charge < -0.3 is 24.1 Å². The highest BCUT2D eigenvalue weighted by atomic mass is 79.9. The van der Waals surface area contributed by atoms with Crippen LogP contribution in [0, 0.1) is 0 Å². The number of anilines is 1. The zero-order valence-corrected chi connectivity index (χ0v) is 18.3. The molecule has 154 valence electrons. The van der Waals surface area contributed by atoms with Crippen LogP contribution in [0.3, 0.4) is 0 Å². The van der Waals surface area contributed by atoms with Crippen molar-refractivity contribution in [1.29, 1.82) is 0 Å². The smallest absolute Gasteiger partial charge is 0.407 e. The molecule has 1 aliphatic heterocycles. The van der Waals surface area contributed by atoms with Gasteiger partial charge in [-0.25, -0.2) is 9.78 Å². The maximum absolute atomic E-state index is 11.8. The van der Waals surface area contributed by atoms with Gasteiger partial charge in [-0.1, -0.05) is 0 Å². The van der Waals surface area contributed by atoms with Gasteiger partial charge in [0.1, 0.15) is 15.7 Å². The van der Waals surface area contributed by atoms with Gasteiger partial charge in [0, 0.05) is 13.1 Å². The van der Waals surface area contributed by atoms with Crippen molar-refractivity contribution in [3.8, 4) is 0 Å². The van der Waals surface area contributed by atoms with Gasteiger partial charge in [-0.05, 0) is 68.6 Å². The molecular weight excluding hydrogens is 428 g/mol. The molecule has 0 saturated carbocycles. The van der Waals surface area contributed by atoms with E-state index in [1.165, 1.54) is 0 Å². The van der Waals surface area contributed by atoms with Crippen molar-refractivity contribution in [2.75, 3.05) is 24.6 Å². The molecule has 0 aliphatic carbocycles. The molecule has 0 unspecified atom stereocenters. The lowest BCUT2D eigenvalue weighted by atomic mass is 10.1. The Kier molecular flexibility index (Phi) is 6.44. The number of nitrogens with one attached hydrogen (secondary N) is 1. The van der Waals surface area contributed by atoms with Crippen molar-refractivity contribution < 1.29 is 18.7 Å². The Morgan fingerprint density at radius 3 is 2.75 bits per heavy atom. The van der Waals surface area contributed by atoms with Crippen LogP contribution in [0.4, 0.5) is 10.8 Å². The molecular formula is C19H27BrN4O4. The number of piperidine rings is 1. The van der Waals surface area contributed by atoms with Crippen LogP contribution < -0.4 is 10.2 Å². The first-order chi connectivity index (χ1) is 13.2. The highest BCUT2D eigenvalue weighted by Gasteiger charge is 2.24. The van der Waals surface area contributed by atoms with Gasteiger partial charge >= 0.3 is 6.09 Å². The number of nitrogens with zero attached hydrogens (tertiary/aromatic N) is 3. The molecule has 0 bridgehead atoms. The minimum atomic E-state index is -0.506. The molecule has 3 heterocycles. The Hall–Kier alpha value is -1.87. The predicted molar refractivity (Wildman–Crippen MR) is 110 cm³/mol. The molecule has 1 aliphatic rings. The fourth-order valence-electron chi connectivity index (χ4n) is 2.96. The number of carbonyl (C=O) groups excluding carboxylic acids is 1. The van der Waals surface area contributed by atoms with Gasteiger partial charge in [0.05, 0.1) is 18.8 Å². The van der Waals surface area contributed by atoms with E-state index in [0.29, 0.717) is 18.3 Å². The maximum atomic E-state index is 11.8. The molecule has 0 aromatic carbocycles. The van der Waals surface area contributed by atoms with E-state index >= 15 is 0 Å². The normalized spacial score (nSPS) is 17.0. The molecule has 1 atom stereocenters. The van der Waals surface area contributed by atoms with Gasteiger partial charge in [-0.3, -0.25) is 0 Å². The molecule has 1 saturated heterocycles. The first-order valence-corrected chi connectivity index (χ1v) is 10.3. The minimum absolute atomic E-state index is 0.116. The lowest BCUT2D eigenvalue weighted by Crippen LogP contribution is -2.42. The van der Waals surface area contributed by atoms with Crippen molar-refractivity contribution in [2.45, 2.75) is 58.3 Å². The van der Waals surface area contributed by atoms with Crippen LogP contribution in [0.15, 0.2) is 21.2 Å². The van der Waals surface area contributed by atoms with Crippen molar-refractivity contribution in [2.24, 2.45) is 0 Å². The van der Waals surface area contributed by atoms with Crippen LogP contribution in [-0.2, 0) is 9.47 Å². The number of oxazole rings is 1. The maximum Gasteiger partial charge on any atom is 0.407 e. The SMILES string of the molecule is C[C@@H](COC1CCN(c2nc3ccc(Br)nc3o2)CC1)NC(=O)OC(C)(C)C. The molecule has 0 radical (unpaired) electrons. The summed E-state index contributed by atoms with van der Waals surface area (Å²) in [4.78, 5) is 22.7. The number of alkyl carbamates (subject to hydrolysis) is 1. The van der Waals surface area contributed by atoms with E-state index in [9.17, 15) is 4.79 Å². The largest absolute Gasteiger partial charge is 0.444 e. The second-order valence-corrected chi connectivity index (χ2v) is 8.83. The summed E-state index contributed by atoms with van der Waals surface area (Å²) in [5.41, 5.74) is 0.775. The molecule has 0 spiro atoms. The average Bonchev–Trinajstić information content (AvgIpc) is 3.01. The zero-order chi connectivity index (χ0) is 20.3. The van der Waals surface area contributed by atoms with Crippen LogP contribution in [-0.4, -0.2) is 53.5 Å². The lowest BCUT2D eigenvalue weighted by Gasteiger charge is -2.31. The van der Waals surface area contributed by atoms with Gasteiger partial charge in [-0.2, -0.15) is 4.98 Å². The Labute approximate surface area is 173 Å². The quantitative estimate of drug-likeness (QED) is 0.685. The third-order valence-corrected chi connectivity index (χ3v) is 4.71. The lowest BCUT2D eigenvalue weighted by molar-refractivity contribution is 0.0179. The Morgan fingerprint density at radius 1 is 1.36 bits per heavy atom. The van der Waals surface area contributed by atoms with Crippen molar-refractivity contribution in [3.05, 3.63) is 16.7 Å². The monoisotopic (exact) mass is 454 g/mol. The first-order valence-electron chi connectivity index (χ1n) is 9.49. The summed E-state index contributed by atoms with van der Waals surface area (Å²) in [6.07, 6.45) is 1.47. The number of hydrogen-bond donors (Lipinski definition) is 1. The number of carbonyl (C=O) groups is 1. The van der Waals surface area contributed by atoms with E-state index in [4.69, 9.17) is 13.9 Å². The van der Waals surface area contributed by atoms with Gasteiger partial charge in [0.2, 0.25) is 5.71 Å². The molecule has 28 heavy (non-hydrogen) atoms. The summed E-state index contributed by atoms with van der Waals surface area (Å²) in [6, 6.07) is 4.21. The summed E-state index contributed by atoms with van der Waals surface area (Å²) >= 11 is 3.34. The van der Waals surface area contributed by atoms with Crippen LogP contribution in [0.1, 0.15) is 40.5 Å². The summed E-state index contributed by atoms with van der Waals surface area (Å²) in [6.45, 7) is 9.47.